The van der Waals surface area contributed by atoms with Gasteiger partial charge in [0.15, 0.2) is 5.96 Å². The lowest BCUT2D eigenvalue weighted by Crippen LogP contribution is -2.41. The summed E-state index contributed by atoms with van der Waals surface area (Å²) >= 11 is 1.37. The second kappa shape index (κ2) is 9.32. The van der Waals surface area contributed by atoms with Gasteiger partial charge in [0.1, 0.15) is 9.88 Å². The minimum Gasteiger partial charge on any atom is -0.462 e. The fourth-order valence-electron chi connectivity index (χ4n) is 2.73. The molecule has 1 heterocycles. The minimum absolute atomic E-state index is 0.0535. The monoisotopic (exact) mass is 382 g/mol. The Hall–Kier alpha value is -1.67. The first-order valence-corrected chi connectivity index (χ1v) is 9.87. The standard InChI is InChI=1S/C18H30N4O3S/c1-6-25-16(23)14-12(2)21-15(26-14)13(3)22-17(19-4)20-11-18(7-8-18)9-10-24-5/h13H,6-11H2,1-5H3,(H2,19,20,22). The molecule has 8 heteroatoms. The van der Waals surface area contributed by atoms with Crippen molar-refractivity contribution in [2.45, 2.75) is 46.1 Å². The van der Waals surface area contributed by atoms with Crippen LogP contribution < -0.4 is 10.6 Å². The van der Waals surface area contributed by atoms with Crippen molar-refractivity contribution in [3.63, 3.8) is 0 Å². The van der Waals surface area contributed by atoms with Crippen LogP contribution in [0.4, 0.5) is 0 Å². The quantitative estimate of drug-likeness (QED) is 0.388. The van der Waals surface area contributed by atoms with Crippen molar-refractivity contribution < 1.29 is 14.3 Å². The van der Waals surface area contributed by atoms with Gasteiger partial charge >= 0.3 is 5.97 Å². The molecule has 0 spiro atoms. The van der Waals surface area contributed by atoms with E-state index >= 15 is 0 Å². The van der Waals surface area contributed by atoms with Gasteiger partial charge in [-0.15, -0.1) is 11.3 Å². The number of aryl methyl sites for hydroxylation is 1. The zero-order valence-electron chi connectivity index (χ0n) is 16.3. The molecule has 0 bridgehead atoms. The average molecular weight is 383 g/mol. The highest BCUT2D eigenvalue weighted by atomic mass is 32.1. The highest BCUT2D eigenvalue weighted by Crippen LogP contribution is 2.48. The molecule has 1 aromatic heterocycles. The minimum atomic E-state index is -0.308. The van der Waals surface area contributed by atoms with Crippen LogP contribution in [0.5, 0.6) is 0 Å². The van der Waals surface area contributed by atoms with Crippen LogP contribution in [0.15, 0.2) is 4.99 Å². The number of hydrogen-bond donors (Lipinski definition) is 2. The van der Waals surface area contributed by atoms with Crippen molar-refractivity contribution >= 4 is 23.3 Å². The summed E-state index contributed by atoms with van der Waals surface area (Å²) in [4.78, 5) is 21.4. The number of nitrogens with zero attached hydrogens (tertiary/aromatic N) is 2. The molecule has 1 aliphatic carbocycles. The summed E-state index contributed by atoms with van der Waals surface area (Å²) in [7, 11) is 3.50. The number of hydrogen-bond acceptors (Lipinski definition) is 6. The number of nitrogens with one attached hydrogen (secondary N) is 2. The van der Waals surface area contributed by atoms with E-state index in [0.29, 0.717) is 22.6 Å². The summed E-state index contributed by atoms with van der Waals surface area (Å²) in [6, 6.07) is -0.0535. The summed E-state index contributed by atoms with van der Waals surface area (Å²) < 4.78 is 10.3. The predicted molar refractivity (Wildman–Crippen MR) is 104 cm³/mol. The van der Waals surface area contributed by atoms with Crippen molar-refractivity contribution in [3.05, 3.63) is 15.6 Å². The van der Waals surface area contributed by atoms with Crippen LogP contribution in [0.3, 0.4) is 0 Å². The number of esters is 1. The van der Waals surface area contributed by atoms with Gasteiger partial charge in [-0.2, -0.15) is 0 Å². The van der Waals surface area contributed by atoms with E-state index in [2.05, 4.69) is 20.6 Å². The van der Waals surface area contributed by atoms with Crippen molar-refractivity contribution in [2.24, 2.45) is 10.4 Å². The van der Waals surface area contributed by atoms with Crippen LogP contribution in [-0.2, 0) is 9.47 Å². The van der Waals surface area contributed by atoms with Crippen LogP contribution in [-0.4, -0.2) is 50.8 Å². The van der Waals surface area contributed by atoms with Crippen molar-refractivity contribution in [2.75, 3.05) is 33.9 Å². The molecule has 1 saturated carbocycles. The Morgan fingerprint density at radius 1 is 1.46 bits per heavy atom. The topological polar surface area (TPSA) is 84.8 Å². The number of ether oxygens (including phenoxy) is 2. The van der Waals surface area contributed by atoms with E-state index in [1.54, 1.807) is 21.1 Å². The van der Waals surface area contributed by atoms with E-state index in [9.17, 15) is 4.79 Å². The molecule has 26 heavy (non-hydrogen) atoms. The SMILES string of the molecule is CCOC(=O)c1sc(C(C)NC(=NC)NCC2(CCOC)CC2)nc1C. The normalized spacial score (nSPS) is 16.9. The predicted octanol–water partition coefficient (Wildman–Crippen LogP) is 2.67. The Bertz CT molecular complexity index is 640. The number of carbonyl (C=O) groups excluding carboxylic acids is 1. The van der Waals surface area contributed by atoms with Gasteiger partial charge in [-0.05, 0) is 45.4 Å². The van der Waals surface area contributed by atoms with Crippen molar-refractivity contribution in [1.82, 2.24) is 15.6 Å². The number of rotatable bonds is 9. The highest BCUT2D eigenvalue weighted by Gasteiger charge is 2.41. The van der Waals surface area contributed by atoms with Gasteiger partial charge in [0.05, 0.1) is 18.3 Å². The molecule has 2 N–H and O–H groups in total. The summed E-state index contributed by atoms with van der Waals surface area (Å²) in [5, 5.41) is 7.61. The first kappa shape index (κ1) is 20.6. The Morgan fingerprint density at radius 2 is 2.19 bits per heavy atom. The molecule has 0 aliphatic heterocycles. The summed E-state index contributed by atoms with van der Waals surface area (Å²) in [5.41, 5.74) is 1.04. The molecule has 1 atom stereocenters. The van der Waals surface area contributed by atoms with Crippen LogP contribution in [0, 0.1) is 12.3 Å². The smallest absolute Gasteiger partial charge is 0.350 e. The molecule has 0 amide bonds. The molecular weight excluding hydrogens is 352 g/mol. The van der Waals surface area contributed by atoms with E-state index < -0.39 is 0 Å². The van der Waals surface area contributed by atoms with E-state index in [4.69, 9.17) is 9.47 Å². The lowest BCUT2D eigenvalue weighted by Gasteiger charge is -2.20. The zero-order valence-corrected chi connectivity index (χ0v) is 17.2. The third-order valence-electron chi connectivity index (χ3n) is 4.65. The number of carbonyl (C=O) groups is 1. The van der Waals surface area contributed by atoms with Crippen LogP contribution >= 0.6 is 11.3 Å². The largest absolute Gasteiger partial charge is 0.462 e. The number of guanidine groups is 1. The van der Waals surface area contributed by atoms with Crippen LogP contribution in [0.25, 0.3) is 0 Å². The van der Waals surface area contributed by atoms with Gasteiger partial charge < -0.3 is 20.1 Å². The molecule has 0 saturated heterocycles. The summed E-state index contributed by atoms with van der Waals surface area (Å²) in [6.07, 6.45) is 3.52. The molecular formula is C18H30N4O3S. The second-order valence-corrected chi connectivity index (χ2v) is 7.75. The van der Waals surface area contributed by atoms with Crippen molar-refractivity contribution in [3.8, 4) is 0 Å². The van der Waals surface area contributed by atoms with E-state index in [-0.39, 0.29) is 12.0 Å². The molecule has 2 rings (SSSR count). The molecule has 7 nitrogen and oxygen atoms in total. The lowest BCUT2D eigenvalue weighted by atomic mass is 10.0. The van der Waals surface area contributed by atoms with Gasteiger partial charge in [-0.25, -0.2) is 9.78 Å². The Kier molecular flexibility index (Phi) is 7.40. The van der Waals surface area contributed by atoms with Gasteiger partial charge in [0, 0.05) is 27.3 Å². The fraction of sp³-hybridized carbons (Fsp3) is 0.722. The summed E-state index contributed by atoms with van der Waals surface area (Å²) in [5.74, 6) is 0.434. The molecule has 1 aromatic rings. The third kappa shape index (κ3) is 5.41. The van der Waals surface area contributed by atoms with E-state index in [0.717, 1.165) is 30.5 Å². The molecule has 1 unspecified atom stereocenters. The summed E-state index contributed by atoms with van der Waals surface area (Å²) in [6.45, 7) is 7.68. The number of aromatic nitrogens is 1. The second-order valence-electron chi connectivity index (χ2n) is 6.72. The van der Waals surface area contributed by atoms with E-state index in [1.807, 2.05) is 13.8 Å². The molecule has 146 valence electrons. The number of aliphatic imine (C=N–C) groups is 1. The Balaban J connectivity index is 1.92. The molecule has 0 aromatic carbocycles. The van der Waals surface area contributed by atoms with Gasteiger partial charge in [-0.1, -0.05) is 0 Å². The number of thiazole rings is 1. The van der Waals surface area contributed by atoms with Gasteiger partial charge in [0.25, 0.3) is 0 Å². The average Bonchev–Trinajstić information content (AvgIpc) is 3.29. The number of methoxy groups -OCH3 is 1. The van der Waals surface area contributed by atoms with Crippen molar-refractivity contribution in [1.29, 1.82) is 0 Å². The molecule has 1 fully saturated rings. The molecule has 0 radical (unpaired) electrons. The molecule has 1 aliphatic rings. The van der Waals surface area contributed by atoms with E-state index in [1.165, 1.54) is 24.2 Å². The maximum atomic E-state index is 12.0. The fourth-order valence-corrected chi connectivity index (χ4v) is 3.69. The Morgan fingerprint density at radius 3 is 2.77 bits per heavy atom. The van der Waals surface area contributed by atoms with Gasteiger partial charge in [0.2, 0.25) is 0 Å². The first-order valence-electron chi connectivity index (χ1n) is 9.05. The third-order valence-corrected chi connectivity index (χ3v) is 5.97. The lowest BCUT2D eigenvalue weighted by molar-refractivity contribution is 0.0531. The maximum Gasteiger partial charge on any atom is 0.350 e. The Labute approximate surface area is 159 Å². The maximum absolute atomic E-state index is 12.0. The first-order chi connectivity index (χ1) is 12.4. The van der Waals surface area contributed by atoms with Crippen LogP contribution in [0.2, 0.25) is 0 Å². The zero-order chi connectivity index (χ0) is 19.2. The van der Waals surface area contributed by atoms with Crippen LogP contribution in [0.1, 0.15) is 59.5 Å². The van der Waals surface area contributed by atoms with Gasteiger partial charge in [-0.3, -0.25) is 4.99 Å². The highest BCUT2D eigenvalue weighted by molar-refractivity contribution is 7.13.